The van der Waals surface area contributed by atoms with Crippen molar-refractivity contribution in [2.75, 3.05) is 58.1 Å². The van der Waals surface area contributed by atoms with Crippen LogP contribution in [0.25, 0.3) is 0 Å². The predicted octanol–water partition coefficient (Wildman–Crippen LogP) is 2.76. The van der Waals surface area contributed by atoms with E-state index in [9.17, 15) is 0 Å². The van der Waals surface area contributed by atoms with Crippen LogP contribution >= 0.6 is 0 Å². The molecule has 0 spiro atoms. The molecule has 1 fully saturated rings. The van der Waals surface area contributed by atoms with Gasteiger partial charge in [0, 0.05) is 51.7 Å². The highest BCUT2D eigenvalue weighted by atomic mass is 16.5. The minimum absolute atomic E-state index is 0.368. The Morgan fingerprint density at radius 3 is 2.86 bits per heavy atom. The van der Waals surface area contributed by atoms with Gasteiger partial charge < -0.3 is 29.7 Å². The van der Waals surface area contributed by atoms with Gasteiger partial charge in [-0.05, 0) is 31.0 Å². The third-order valence-electron chi connectivity index (χ3n) is 4.77. The highest BCUT2D eigenvalue weighted by molar-refractivity contribution is 5.60. The van der Waals surface area contributed by atoms with Gasteiger partial charge in [-0.15, -0.1) is 0 Å². The van der Waals surface area contributed by atoms with E-state index in [1.807, 2.05) is 31.3 Å². The largest absolute Gasteiger partial charge is 0.493 e. The van der Waals surface area contributed by atoms with Crippen molar-refractivity contribution in [2.24, 2.45) is 0 Å². The summed E-state index contributed by atoms with van der Waals surface area (Å²) in [6.07, 6.45) is 4.13. The lowest BCUT2D eigenvalue weighted by Gasteiger charge is -2.16. The first-order valence-electron chi connectivity index (χ1n) is 9.55. The zero-order valence-corrected chi connectivity index (χ0v) is 16.8. The molecule has 0 saturated carbocycles. The van der Waals surface area contributed by atoms with E-state index in [0.29, 0.717) is 30.2 Å². The molecule has 3 rings (SSSR count). The fourth-order valence-electron chi connectivity index (χ4n) is 3.22. The Morgan fingerprint density at radius 1 is 1.21 bits per heavy atom. The molecule has 152 valence electrons. The van der Waals surface area contributed by atoms with Gasteiger partial charge in [-0.3, -0.25) is 0 Å². The number of rotatable bonds is 10. The monoisotopic (exact) mass is 387 g/mol. The van der Waals surface area contributed by atoms with Crippen molar-refractivity contribution in [3.63, 3.8) is 0 Å². The van der Waals surface area contributed by atoms with Crippen molar-refractivity contribution >= 4 is 17.5 Å². The Labute approximate surface area is 166 Å². The summed E-state index contributed by atoms with van der Waals surface area (Å²) in [5.41, 5.74) is 0.839. The van der Waals surface area contributed by atoms with Crippen molar-refractivity contribution in [3.05, 3.63) is 30.5 Å². The molecule has 2 N–H and O–H groups in total. The lowest BCUT2D eigenvalue weighted by atomic mass is 10.2. The summed E-state index contributed by atoms with van der Waals surface area (Å²) in [5.74, 6) is 2.68. The summed E-state index contributed by atoms with van der Waals surface area (Å²) in [5, 5.41) is 6.20. The summed E-state index contributed by atoms with van der Waals surface area (Å²) in [4.78, 5) is 11.0. The van der Waals surface area contributed by atoms with Crippen LogP contribution in [-0.4, -0.2) is 68.5 Å². The van der Waals surface area contributed by atoms with E-state index in [-0.39, 0.29) is 0 Å². The van der Waals surface area contributed by atoms with Gasteiger partial charge in [-0.2, -0.15) is 4.98 Å². The molecule has 1 atom stereocenters. The normalized spacial score (nSPS) is 16.8. The number of likely N-dealkylation sites (tertiary alicyclic amines) is 1. The van der Waals surface area contributed by atoms with Gasteiger partial charge in [-0.25, -0.2) is 4.98 Å². The SMILES string of the molecule is CNc1ccnc(Nc2ccc(OC)c(OCCCN3CCC(OC)C3)c2)n1. The molecule has 1 unspecified atom stereocenters. The number of hydrogen-bond acceptors (Lipinski definition) is 8. The molecule has 0 aliphatic carbocycles. The molecule has 1 aromatic heterocycles. The average Bonchev–Trinajstić information content (AvgIpc) is 3.19. The molecule has 1 aromatic carbocycles. The summed E-state index contributed by atoms with van der Waals surface area (Å²) >= 11 is 0. The van der Waals surface area contributed by atoms with Crippen LogP contribution in [0, 0.1) is 0 Å². The number of ether oxygens (including phenoxy) is 3. The number of aromatic nitrogens is 2. The van der Waals surface area contributed by atoms with Crippen LogP contribution in [0.15, 0.2) is 30.5 Å². The first-order valence-corrected chi connectivity index (χ1v) is 9.55. The average molecular weight is 387 g/mol. The van der Waals surface area contributed by atoms with Crippen LogP contribution in [0.3, 0.4) is 0 Å². The fraction of sp³-hybridized carbons (Fsp3) is 0.500. The van der Waals surface area contributed by atoms with Gasteiger partial charge in [0.05, 0.1) is 19.8 Å². The van der Waals surface area contributed by atoms with Gasteiger partial charge in [0.25, 0.3) is 0 Å². The molecule has 2 heterocycles. The first kappa shape index (κ1) is 20.2. The van der Waals surface area contributed by atoms with E-state index >= 15 is 0 Å². The number of nitrogens with one attached hydrogen (secondary N) is 2. The van der Waals surface area contributed by atoms with Crippen molar-refractivity contribution < 1.29 is 14.2 Å². The molecule has 0 radical (unpaired) electrons. The molecule has 1 aliphatic heterocycles. The fourth-order valence-corrected chi connectivity index (χ4v) is 3.22. The molecule has 8 nitrogen and oxygen atoms in total. The Morgan fingerprint density at radius 2 is 2.11 bits per heavy atom. The number of anilines is 3. The van der Waals surface area contributed by atoms with E-state index in [0.717, 1.165) is 44.0 Å². The van der Waals surface area contributed by atoms with E-state index in [4.69, 9.17) is 14.2 Å². The van der Waals surface area contributed by atoms with Crippen LogP contribution in [0.5, 0.6) is 11.5 Å². The van der Waals surface area contributed by atoms with E-state index < -0.39 is 0 Å². The maximum Gasteiger partial charge on any atom is 0.229 e. The van der Waals surface area contributed by atoms with E-state index in [1.165, 1.54) is 0 Å². The van der Waals surface area contributed by atoms with Crippen LogP contribution in [0.4, 0.5) is 17.5 Å². The van der Waals surface area contributed by atoms with Crippen molar-refractivity contribution in [1.29, 1.82) is 0 Å². The molecular weight excluding hydrogens is 358 g/mol. The van der Waals surface area contributed by atoms with Crippen molar-refractivity contribution in [3.8, 4) is 11.5 Å². The lowest BCUT2D eigenvalue weighted by Crippen LogP contribution is -2.25. The molecule has 8 heteroatoms. The summed E-state index contributed by atoms with van der Waals surface area (Å²) in [6.45, 7) is 3.72. The Kier molecular flexibility index (Phi) is 7.27. The summed E-state index contributed by atoms with van der Waals surface area (Å²) in [7, 11) is 5.25. The summed E-state index contributed by atoms with van der Waals surface area (Å²) < 4.78 is 16.8. The van der Waals surface area contributed by atoms with Crippen molar-refractivity contribution in [2.45, 2.75) is 18.9 Å². The van der Waals surface area contributed by atoms with Gasteiger partial charge >= 0.3 is 0 Å². The summed E-state index contributed by atoms with van der Waals surface area (Å²) in [6, 6.07) is 7.51. The molecule has 28 heavy (non-hydrogen) atoms. The molecule has 0 amide bonds. The standard InChI is InChI=1S/C20H29N5O3/c1-21-19-7-9-22-20(24-19)23-15-5-6-17(27-3)18(13-15)28-12-4-10-25-11-8-16(14-25)26-2/h5-7,9,13,16H,4,8,10-12,14H2,1-3H3,(H2,21,22,23,24). The van der Waals surface area contributed by atoms with Gasteiger partial charge in [-0.1, -0.05) is 0 Å². The lowest BCUT2D eigenvalue weighted by molar-refractivity contribution is 0.107. The molecule has 1 aliphatic rings. The third-order valence-corrected chi connectivity index (χ3v) is 4.77. The van der Waals surface area contributed by atoms with Crippen LogP contribution < -0.4 is 20.1 Å². The maximum atomic E-state index is 5.99. The Balaban J connectivity index is 1.55. The third kappa shape index (κ3) is 5.46. The predicted molar refractivity (Wildman–Crippen MR) is 110 cm³/mol. The number of nitrogens with zero attached hydrogens (tertiary/aromatic N) is 3. The molecule has 2 aromatic rings. The van der Waals surface area contributed by atoms with Crippen LogP contribution in [-0.2, 0) is 4.74 Å². The number of methoxy groups -OCH3 is 2. The smallest absolute Gasteiger partial charge is 0.229 e. The van der Waals surface area contributed by atoms with E-state index in [1.54, 1.807) is 20.4 Å². The van der Waals surface area contributed by atoms with Gasteiger partial charge in [0.15, 0.2) is 11.5 Å². The number of hydrogen-bond donors (Lipinski definition) is 2. The number of benzene rings is 1. The topological polar surface area (TPSA) is 80.8 Å². The quantitative estimate of drug-likeness (QED) is 0.603. The Bertz CT molecular complexity index is 758. The van der Waals surface area contributed by atoms with E-state index in [2.05, 4.69) is 25.5 Å². The second-order valence-corrected chi connectivity index (χ2v) is 6.66. The van der Waals surface area contributed by atoms with Crippen molar-refractivity contribution in [1.82, 2.24) is 14.9 Å². The first-order chi connectivity index (χ1) is 13.7. The second kappa shape index (κ2) is 10.1. The molecule has 0 bridgehead atoms. The molecular formula is C20H29N5O3. The second-order valence-electron chi connectivity index (χ2n) is 6.66. The zero-order chi connectivity index (χ0) is 19.8. The highest BCUT2D eigenvalue weighted by Gasteiger charge is 2.21. The van der Waals surface area contributed by atoms with Gasteiger partial charge in [0.2, 0.25) is 5.95 Å². The Hall–Kier alpha value is -2.58. The maximum absolute atomic E-state index is 5.99. The van der Waals surface area contributed by atoms with Gasteiger partial charge in [0.1, 0.15) is 5.82 Å². The minimum atomic E-state index is 0.368. The minimum Gasteiger partial charge on any atom is -0.493 e. The highest BCUT2D eigenvalue weighted by Crippen LogP contribution is 2.31. The van der Waals surface area contributed by atoms with Crippen LogP contribution in [0.2, 0.25) is 0 Å². The molecule has 1 saturated heterocycles. The van der Waals surface area contributed by atoms with Crippen LogP contribution in [0.1, 0.15) is 12.8 Å². The zero-order valence-electron chi connectivity index (χ0n) is 16.8.